The standard InChI is InChI=1S/C12H20N4O3/c1-15(10-4-2-3-5-11(10)17)6-7-16-8-9(12(18)19)13-14-16/h8,10-11,17H,2-7H2,1H3,(H,18,19). The summed E-state index contributed by atoms with van der Waals surface area (Å²) in [5.74, 6) is -1.07. The lowest BCUT2D eigenvalue weighted by atomic mass is 9.92. The number of nitrogens with zero attached hydrogens (tertiary/aromatic N) is 4. The lowest BCUT2D eigenvalue weighted by Crippen LogP contribution is -2.44. The van der Waals surface area contributed by atoms with E-state index in [1.165, 1.54) is 10.9 Å². The number of aromatic nitrogens is 3. The molecule has 1 heterocycles. The van der Waals surface area contributed by atoms with Crippen molar-refractivity contribution in [2.24, 2.45) is 0 Å². The fourth-order valence-electron chi connectivity index (χ4n) is 2.54. The van der Waals surface area contributed by atoms with Crippen molar-refractivity contribution < 1.29 is 15.0 Å². The zero-order valence-electron chi connectivity index (χ0n) is 11.1. The van der Waals surface area contributed by atoms with Gasteiger partial charge < -0.3 is 10.2 Å². The van der Waals surface area contributed by atoms with Crippen LogP contribution in [0.15, 0.2) is 6.20 Å². The largest absolute Gasteiger partial charge is 0.476 e. The van der Waals surface area contributed by atoms with E-state index in [0.717, 1.165) is 25.7 Å². The van der Waals surface area contributed by atoms with Gasteiger partial charge in [-0.2, -0.15) is 0 Å². The van der Waals surface area contributed by atoms with Gasteiger partial charge in [-0.05, 0) is 19.9 Å². The molecule has 1 aromatic heterocycles. The van der Waals surface area contributed by atoms with Crippen molar-refractivity contribution in [3.05, 3.63) is 11.9 Å². The summed E-state index contributed by atoms with van der Waals surface area (Å²) in [6.07, 6.45) is 5.28. The second-order valence-corrected chi connectivity index (χ2v) is 5.07. The van der Waals surface area contributed by atoms with Crippen LogP contribution in [0.4, 0.5) is 0 Å². The highest BCUT2D eigenvalue weighted by Gasteiger charge is 2.26. The first-order valence-electron chi connectivity index (χ1n) is 6.59. The SMILES string of the molecule is CN(CCn1cc(C(=O)O)nn1)C1CCCCC1O. The molecule has 1 saturated carbocycles. The number of aromatic carboxylic acids is 1. The summed E-state index contributed by atoms with van der Waals surface area (Å²) < 4.78 is 1.52. The van der Waals surface area contributed by atoms with Crippen molar-refractivity contribution in [3.63, 3.8) is 0 Å². The third-order valence-electron chi connectivity index (χ3n) is 3.70. The van der Waals surface area contributed by atoms with Gasteiger partial charge in [0.25, 0.3) is 0 Å². The first-order chi connectivity index (χ1) is 9.08. The Hall–Kier alpha value is -1.47. The number of likely N-dealkylation sites (N-methyl/N-ethyl adjacent to an activating group) is 1. The van der Waals surface area contributed by atoms with E-state index < -0.39 is 5.97 Å². The molecule has 1 aromatic rings. The molecule has 2 unspecified atom stereocenters. The van der Waals surface area contributed by atoms with Gasteiger partial charge in [0.2, 0.25) is 0 Å². The molecule has 2 rings (SSSR count). The molecule has 0 aliphatic heterocycles. The minimum Gasteiger partial charge on any atom is -0.476 e. The van der Waals surface area contributed by atoms with Crippen LogP contribution in [0.3, 0.4) is 0 Å². The quantitative estimate of drug-likeness (QED) is 0.793. The Bertz CT molecular complexity index is 434. The summed E-state index contributed by atoms with van der Waals surface area (Å²) in [7, 11) is 1.98. The van der Waals surface area contributed by atoms with E-state index in [2.05, 4.69) is 15.2 Å². The number of aliphatic hydroxyl groups is 1. The number of rotatable bonds is 5. The summed E-state index contributed by atoms with van der Waals surface area (Å²) in [6.45, 7) is 1.28. The Labute approximate surface area is 111 Å². The Kier molecular flexibility index (Phi) is 4.49. The molecular weight excluding hydrogens is 248 g/mol. The van der Waals surface area contributed by atoms with Crippen LogP contribution in [0, 0.1) is 0 Å². The van der Waals surface area contributed by atoms with Gasteiger partial charge in [-0.15, -0.1) is 5.10 Å². The Morgan fingerprint density at radius 3 is 2.89 bits per heavy atom. The van der Waals surface area contributed by atoms with E-state index in [-0.39, 0.29) is 17.8 Å². The lowest BCUT2D eigenvalue weighted by Gasteiger charge is -2.35. The van der Waals surface area contributed by atoms with Crippen molar-refractivity contribution in [2.75, 3.05) is 13.6 Å². The molecule has 19 heavy (non-hydrogen) atoms. The van der Waals surface area contributed by atoms with E-state index in [9.17, 15) is 9.90 Å². The van der Waals surface area contributed by atoms with Crippen molar-refractivity contribution in [3.8, 4) is 0 Å². The van der Waals surface area contributed by atoms with Crippen LogP contribution in [0.25, 0.3) is 0 Å². The average Bonchev–Trinajstić information content (AvgIpc) is 2.85. The van der Waals surface area contributed by atoms with Crippen LogP contribution >= 0.6 is 0 Å². The second-order valence-electron chi connectivity index (χ2n) is 5.07. The van der Waals surface area contributed by atoms with Crippen molar-refractivity contribution in [2.45, 2.75) is 44.4 Å². The fourth-order valence-corrected chi connectivity index (χ4v) is 2.54. The zero-order chi connectivity index (χ0) is 13.8. The minimum absolute atomic E-state index is 0.0413. The molecule has 7 heteroatoms. The third-order valence-corrected chi connectivity index (χ3v) is 3.70. The van der Waals surface area contributed by atoms with Gasteiger partial charge in [0.05, 0.1) is 18.8 Å². The number of carbonyl (C=O) groups is 1. The van der Waals surface area contributed by atoms with Gasteiger partial charge in [-0.3, -0.25) is 9.58 Å². The van der Waals surface area contributed by atoms with Crippen LogP contribution in [0.5, 0.6) is 0 Å². The Morgan fingerprint density at radius 2 is 2.26 bits per heavy atom. The maximum Gasteiger partial charge on any atom is 0.358 e. The van der Waals surface area contributed by atoms with Crippen molar-refractivity contribution >= 4 is 5.97 Å². The number of carboxylic acid groups (broad SMARTS) is 1. The lowest BCUT2D eigenvalue weighted by molar-refractivity contribution is 0.0304. The average molecular weight is 268 g/mol. The summed E-state index contributed by atoms with van der Waals surface area (Å²) in [5, 5.41) is 26.1. The van der Waals surface area contributed by atoms with E-state index >= 15 is 0 Å². The summed E-state index contributed by atoms with van der Waals surface area (Å²) >= 11 is 0. The zero-order valence-corrected chi connectivity index (χ0v) is 11.1. The molecule has 0 bridgehead atoms. The highest BCUT2D eigenvalue weighted by Crippen LogP contribution is 2.22. The molecule has 2 N–H and O–H groups in total. The van der Waals surface area contributed by atoms with Crippen LogP contribution in [0.1, 0.15) is 36.2 Å². The molecule has 0 aromatic carbocycles. The van der Waals surface area contributed by atoms with Crippen LogP contribution in [0.2, 0.25) is 0 Å². The third kappa shape index (κ3) is 3.51. The molecule has 2 atom stereocenters. The topological polar surface area (TPSA) is 91.5 Å². The van der Waals surface area contributed by atoms with Gasteiger partial charge in [0.15, 0.2) is 5.69 Å². The summed E-state index contributed by atoms with van der Waals surface area (Å²) in [4.78, 5) is 12.8. The van der Waals surface area contributed by atoms with E-state index in [0.29, 0.717) is 13.1 Å². The molecule has 1 aliphatic rings. The second kappa shape index (κ2) is 6.12. The van der Waals surface area contributed by atoms with Gasteiger partial charge >= 0.3 is 5.97 Å². The molecule has 7 nitrogen and oxygen atoms in total. The Balaban J connectivity index is 1.85. The highest BCUT2D eigenvalue weighted by molar-refractivity contribution is 5.84. The van der Waals surface area contributed by atoms with Crippen LogP contribution < -0.4 is 0 Å². The monoisotopic (exact) mass is 268 g/mol. The number of aliphatic hydroxyl groups excluding tert-OH is 1. The highest BCUT2D eigenvalue weighted by atomic mass is 16.4. The maximum absolute atomic E-state index is 10.7. The number of carboxylic acids is 1. The van der Waals surface area contributed by atoms with Crippen LogP contribution in [-0.4, -0.2) is 61.8 Å². The number of hydrogen-bond donors (Lipinski definition) is 2. The predicted octanol–water partition coefficient (Wildman–Crippen LogP) is 0.212. The molecule has 0 saturated heterocycles. The van der Waals surface area contributed by atoms with E-state index in [4.69, 9.17) is 5.11 Å². The van der Waals surface area contributed by atoms with Gasteiger partial charge in [0, 0.05) is 12.6 Å². The molecule has 0 spiro atoms. The maximum atomic E-state index is 10.7. The first kappa shape index (κ1) is 14.0. The predicted molar refractivity (Wildman–Crippen MR) is 67.9 cm³/mol. The molecule has 106 valence electrons. The van der Waals surface area contributed by atoms with Gasteiger partial charge in [0.1, 0.15) is 0 Å². The summed E-state index contributed by atoms with van der Waals surface area (Å²) in [5.41, 5.74) is -0.0413. The van der Waals surface area contributed by atoms with E-state index in [1.54, 1.807) is 0 Å². The fraction of sp³-hybridized carbons (Fsp3) is 0.750. The van der Waals surface area contributed by atoms with Crippen molar-refractivity contribution in [1.82, 2.24) is 19.9 Å². The van der Waals surface area contributed by atoms with Gasteiger partial charge in [-0.25, -0.2) is 4.79 Å². The minimum atomic E-state index is -1.07. The normalized spacial score (nSPS) is 23.7. The van der Waals surface area contributed by atoms with Gasteiger partial charge in [-0.1, -0.05) is 18.1 Å². The van der Waals surface area contributed by atoms with Crippen LogP contribution in [-0.2, 0) is 6.54 Å². The van der Waals surface area contributed by atoms with Crippen molar-refractivity contribution in [1.29, 1.82) is 0 Å². The first-order valence-corrected chi connectivity index (χ1v) is 6.59. The smallest absolute Gasteiger partial charge is 0.358 e. The molecular formula is C12H20N4O3. The Morgan fingerprint density at radius 1 is 1.53 bits per heavy atom. The molecule has 0 radical (unpaired) electrons. The summed E-state index contributed by atoms with van der Waals surface area (Å²) in [6, 6.07) is 0.191. The molecule has 0 amide bonds. The number of hydrogen-bond acceptors (Lipinski definition) is 5. The van der Waals surface area contributed by atoms with E-state index in [1.807, 2.05) is 7.05 Å². The molecule has 1 fully saturated rings. The molecule has 1 aliphatic carbocycles.